The molecule has 0 aliphatic carbocycles. The second-order valence-corrected chi connectivity index (χ2v) is 6.43. The van der Waals surface area contributed by atoms with Crippen LogP contribution in [0.1, 0.15) is 10.6 Å². The third-order valence-corrected chi connectivity index (χ3v) is 4.26. The topological polar surface area (TPSA) is 64.4 Å². The van der Waals surface area contributed by atoms with Gasteiger partial charge in [0.05, 0.1) is 11.9 Å². The molecule has 2 aromatic heterocycles. The molecule has 0 atom stereocenters. The van der Waals surface area contributed by atoms with E-state index >= 15 is 0 Å². The Bertz CT molecular complexity index is 1190. The van der Waals surface area contributed by atoms with Gasteiger partial charge in [0.1, 0.15) is 11.3 Å². The number of hydrogen-bond donors (Lipinski definition) is 1. The fourth-order valence-electron chi connectivity index (χ4n) is 2.99. The van der Waals surface area contributed by atoms with Gasteiger partial charge in [0.2, 0.25) is 0 Å². The Morgan fingerprint density at radius 1 is 1.03 bits per heavy atom. The molecule has 0 unspecified atom stereocenters. The summed E-state index contributed by atoms with van der Waals surface area (Å²) in [5, 5.41) is 3.32. The van der Waals surface area contributed by atoms with E-state index in [1.54, 1.807) is 60.8 Å². The van der Waals surface area contributed by atoms with E-state index in [9.17, 15) is 18.0 Å². The molecule has 4 aromatic rings. The largest absolute Gasteiger partial charge is 0.483 e. The Morgan fingerprint density at radius 3 is 2.60 bits per heavy atom. The number of ether oxygens (including phenoxy) is 1. The lowest BCUT2D eigenvalue weighted by Crippen LogP contribution is -2.19. The van der Waals surface area contributed by atoms with Crippen molar-refractivity contribution in [3.05, 3.63) is 78.8 Å². The molecular weight excluding hydrogens is 397 g/mol. The average molecular weight is 412 g/mol. The Hall–Kier alpha value is -3.81. The number of alkyl halides is 3. The van der Waals surface area contributed by atoms with Crippen molar-refractivity contribution in [1.29, 1.82) is 0 Å². The highest BCUT2D eigenvalue weighted by Crippen LogP contribution is 2.37. The zero-order valence-electron chi connectivity index (χ0n) is 15.4. The first-order valence-corrected chi connectivity index (χ1v) is 8.93. The number of carbonyl (C=O) groups excluding carboxylic acids is 1. The minimum atomic E-state index is -4.46. The van der Waals surface area contributed by atoms with E-state index in [-0.39, 0.29) is 11.5 Å². The van der Waals surface area contributed by atoms with Crippen molar-refractivity contribution in [3.63, 3.8) is 0 Å². The van der Waals surface area contributed by atoms with E-state index in [0.717, 1.165) is 0 Å². The molecule has 0 saturated carbocycles. The molecule has 0 saturated heterocycles. The highest BCUT2D eigenvalue weighted by atomic mass is 19.4. The number of hydrogen-bond acceptors (Lipinski definition) is 4. The number of carbonyl (C=O) groups is 1. The van der Waals surface area contributed by atoms with Crippen LogP contribution in [0.25, 0.3) is 22.1 Å². The number of amides is 1. The number of nitrogens with zero attached hydrogens (tertiary/aromatic N) is 1. The molecule has 0 fully saturated rings. The molecule has 2 aromatic carbocycles. The van der Waals surface area contributed by atoms with E-state index in [2.05, 4.69) is 10.3 Å². The molecule has 0 spiro atoms. The Labute approximate surface area is 169 Å². The third kappa shape index (κ3) is 4.27. The second kappa shape index (κ2) is 7.90. The predicted molar refractivity (Wildman–Crippen MR) is 105 cm³/mol. The normalized spacial score (nSPS) is 11.4. The molecule has 4 rings (SSSR count). The highest BCUT2D eigenvalue weighted by Gasteiger charge is 2.29. The Morgan fingerprint density at radius 2 is 1.83 bits per heavy atom. The van der Waals surface area contributed by atoms with Crippen LogP contribution in [0.3, 0.4) is 0 Å². The van der Waals surface area contributed by atoms with Gasteiger partial charge in [-0.3, -0.25) is 9.78 Å². The maximum absolute atomic E-state index is 12.6. The minimum Gasteiger partial charge on any atom is -0.483 e. The van der Waals surface area contributed by atoms with E-state index < -0.39 is 18.7 Å². The summed E-state index contributed by atoms with van der Waals surface area (Å²) in [5.41, 5.74) is 1.83. The lowest BCUT2D eigenvalue weighted by atomic mass is 10.0. The number of furan rings is 1. The van der Waals surface area contributed by atoms with E-state index in [4.69, 9.17) is 9.15 Å². The van der Waals surface area contributed by atoms with Gasteiger partial charge in [-0.05, 0) is 24.3 Å². The van der Waals surface area contributed by atoms with Crippen LogP contribution in [0.4, 0.5) is 18.9 Å². The minimum absolute atomic E-state index is 0.0648. The zero-order valence-corrected chi connectivity index (χ0v) is 15.4. The Balaban J connectivity index is 1.69. The molecule has 152 valence electrons. The molecule has 0 radical (unpaired) electrons. The van der Waals surface area contributed by atoms with Gasteiger partial charge in [0.25, 0.3) is 5.91 Å². The lowest BCUT2D eigenvalue weighted by Gasteiger charge is -2.13. The van der Waals surface area contributed by atoms with Crippen LogP contribution in [-0.2, 0) is 0 Å². The van der Waals surface area contributed by atoms with Crippen LogP contribution in [-0.4, -0.2) is 23.7 Å². The van der Waals surface area contributed by atoms with Gasteiger partial charge < -0.3 is 14.5 Å². The van der Waals surface area contributed by atoms with E-state index in [1.165, 1.54) is 12.3 Å². The first kappa shape index (κ1) is 19.5. The lowest BCUT2D eigenvalue weighted by molar-refractivity contribution is -0.153. The van der Waals surface area contributed by atoms with Gasteiger partial charge in [-0.1, -0.05) is 36.4 Å². The summed E-state index contributed by atoms with van der Waals surface area (Å²) < 4.78 is 48.6. The molecular formula is C22H15F3N2O3. The molecule has 1 amide bonds. The number of anilines is 1. The SMILES string of the molecule is O=C(Nc1cccnc1)c1cc2cccc(-c3ccccc3OCC(F)(F)F)c2o1. The number of benzene rings is 2. The van der Waals surface area contributed by atoms with Crippen molar-refractivity contribution in [2.45, 2.75) is 6.18 Å². The monoisotopic (exact) mass is 412 g/mol. The van der Waals surface area contributed by atoms with Crippen LogP contribution >= 0.6 is 0 Å². The summed E-state index contributed by atoms with van der Waals surface area (Å²) in [6.45, 7) is -1.41. The zero-order chi connectivity index (χ0) is 21.1. The third-order valence-electron chi connectivity index (χ3n) is 4.26. The molecule has 0 bridgehead atoms. The van der Waals surface area contributed by atoms with Crippen LogP contribution in [0.15, 0.2) is 77.5 Å². The van der Waals surface area contributed by atoms with Gasteiger partial charge >= 0.3 is 6.18 Å². The van der Waals surface area contributed by atoms with Crippen LogP contribution in [0, 0.1) is 0 Å². The Kier molecular flexibility index (Phi) is 5.14. The first-order chi connectivity index (χ1) is 14.4. The number of pyridine rings is 1. The van der Waals surface area contributed by atoms with Gasteiger partial charge in [-0.15, -0.1) is 0 Å². The summed E-state index contributed by atoms with van der Waals surface area (Å²) >= 11 is 0. The first-order valence-electron chi connectivity index (χ1n) is 8.93. The number of fused-ring (bicyclic) bond motifs is 1. The smallest absolute Gasteiger partial charge is 0.422 e. The van der Waals surface area contributed by atoms with Crippen molar-refractivity contribution in [2.24, 2.45) is 0 Å². The molecule has 0 aliphatic rings. The van der Waals surface area contributed by atoms with Gasteiger partial charge in [0.15, 0.2) is 12.4 Å². The van der Waals surface area contributed by atoms with Crippen LogP contribution < -0.4 is 10.1 Å². The molecule has 0 aliphatic heterocycles. The number of halogens is 3. The van der Waals surface area contributed by atoms with Gasteiger partial charge in [-0.25, -0.2) is 0 Å². The number of aromatic nitrogens is 1. The summed E-state index contributed by atoms with van der Waals surface area (Å²) in [4.78, 5) is 16.5. The highest BCUT2D eigenvalue weighted by molar-refractivity contribution is 6.06. The standard InChI is InChI=1S/C22H15F3N2O3/c23-22(24,25)13-29-18-9-2-1-7-16(18)17-8-3-5-14-11-19(30-20(14)17)21(28)27-15-6-4-10-26-12-15/h1-12H,13H2,(H,27,28). The summed E-state index contributed by atoms with van der Waals surface area (Å²) in [6.07, 6.45) is -1.37. The second-order valence-electron chi connectivity index (χ2n) is 6.43. The average Bonchev–Trinajstić information content (AvgIpc) is 3.17. The van der Waals surface area contributed by atoms with Gasteiger partial charge in [0, 0.05) is 22.7 Å². The van der Waals surface area contributed by atoms with Crippen molar-refractivity contribution in [1.82, 2.24) is 4.98 Å². The van der Waals surface area contributed by atoms with E-state index in [1.807, 2.05) is 0 Å². The summed E-state index contributed by atoms with van der Waals surface area (Å²) in [6, 6.07) is 16.5. The van der Waals surface area contributed by atoms with Crippen LogP contribution in [0.2, 0.25) is 0 Å². The van der Waals surface area contributed by atoms with E-state index in [0.29, 0.717) is 27.8 Å². The van der Waals surface area contributed by atoms with Crippen molar-refractivity contribution < 1.29 is 27.1 Å². The van der Waals surface area contributed by atoms with Crippen LogP contribution in [0.5, 0.6) is 5.75 Å². The summed E-state index contributed by atoms with van der Waals surface area (Å²) in [5.74, 6) is -0.332. The summed E-state index contributed by atoms with van der Waals surface area (Å²) in [7, 11) is 0. The number of nitrogens with one attached hydrogen (secondary N) is 1. The molecule has 8 heteroatoms. The van der Waals surface area contributed by atoms with Crippen molar-refractivity contribution >= 4 is 22.6 Å². The van der Waals surface area contributed by atoms with Crippen molar-refractivity contribution in [2.75, 3.05) is 11.9 Å². The number of rotatable bonds is 5. The molecule has 2 heterocycles. The number of para-hydroxylation sites is 2. The van der Waals surface area contributed by atoms with Gasteiger partial charge in [-0.2, -0.15) is 13.2 Å². The predicted octanol–water partition coefficient (Wildman–Crippen LogP) is 5.69. The fourth-order valence-corrected chi connectivity index (χ4v) is 2.99. The fraction of sp³-hybridized carbons (Fsp3) is 0.0909. The van der Waals surface area contributed by atoms with Crippen molar-refractivity contribution in [3.8, 4) is 16.9 Å². The molecule has 30 heavy (non-hydrogen) atoms. The maximum atomic E-state index is 12.6. The molecule has 1 N–H and O–H groups in total. The molecule has 5 nitrogen and oxygen atoms in total. The quantitative estimate of drug-likeness (QED) is 0.458. The maximum Gasteiger partial charge on any atom is 0.422 e.